The predicted molar refractivity (Wildman–Crippen MR) is 79.8 cm³/mol. The zero-order valence-electron chi connectivity index (χ0n) is 11.6. The van der Waals surface area contributed by atoms with Gasteiger partial charge >= 0.3 is 0 Å². The van der Waals surface area contributed by atoms with Gasteiger partial charge in [-0.15, -0.1) is 0 Å². The van der Waals surface area contributed by atoms with Gasteiger partial charge in [0.1, 0.15) is 11.3 Å². The first kappa shape index (κ1) is 14.1. The number of hydrogen-bond donors (Lipinski definition) is 1. The van der Waals surface area contributed by atoms with Crippen molar-refractivity contribution < 1.29 is 9.53 Å². The summed E-state index contributed by atoms with van der Waals surface area (Å²) in [6.07, 6.45) is 0. The van der Waals surface area contributed by atoms with E-state index in [4.69, 9.17) is 10.5 Å². The standard InChI is InChI=1S/C14H20N2O2S/c1-9-10(2)19-8-7-16(9)14(17)13-11(15)5-4-6-12(13)18-3/h4-6,9-10H,7-8,15H2,1-3H3. The van der Waals surface area contributed by atoms with Crippen molar-refractivity contribution >= 4 is 23.4 Å². The zero-order chi connectivity index (χ0) is 14.0. The summed E-state index contributed by atoms with van der Waals surface area (Å²) in [6.45, 7) is 4.99. The van der Waals surface area contributed by atoms with Crippen LogP contribution in [0.15, 0.2) is 18.2 Å². The van der Waals surface area contributed by atoms with Crippen LogP contribution >= 0.6 is 11.8 Å². The number of rotatable bonds is 2. The van der Waals surface area contributed by atoms with Crippen LogP contribution in [0.5, 0.6) is 5.75 Å². The smallest absolute Gasteiger partial charge is 0.260 e. The molecule has 1 fully saturated rings. The van der Waals surface area contributed by atoms with Gasteiger partial charge in [0.2, 0.25) is 0 Å². The number of carbonyl (C=O) groups excluding carboxylic acids is 1. The molecule has 104 valence electrons. The summed E-state index contributed by atoms with van der Waals surface area (Å²) >= 11 is 1.90. The van der Waals surface area contributed by atoms with E-state index in [-0.39, 0.29) is 11.9 Å². The molecule has 1 aliphatic rings. The van der Waals surface area contributed by atoms with Crippen LogP contribution in [0.3, 0.4) is 0 Å². The highest BCUT2D eigenvalue weighted by Crippen LogP contribution is 2.30. The second-order valence-corrected chi connectivity index (χ2v) is 6.22. The first-order valence-electron chi connectivity index (χ1n) is 6.41. The number of ether oxygens (including phenoxy) is 1. The third-order valence-corrected chi connectivity index (χ3v) is 4.97. The number of carbonyl (C=O) groups is 1. The average molecular weight is 280 g/mol. The summed E-state index contributed by atoms with van der Waals surface area (Å²) in [4.78, 5) is 14.6. The predicted octanol–water partition coefficient (Wildman–Crippen LogP) is 2.24. The molecule has 0 radical (unpaired) electrons. The van der Waals surface area contributed by atoms with Crippen molar-refractivity contribution in [3.05, 3.63) is 23.8 Å². The maximum absolute atomic E-state index is 12.7. The number of thioether (sulfide) groups is 1. The van der Waals surface area contributed by atoms with E-state index >= 15 is 0 Å². The molecule has 2 atom stereocenters. The molecule has 1 heterocycles. The maximum atomic E-state index is 12.7. The Morgan fingerprint density at radius 2 is 2.21 bits per heavy atom. The molecule has 2 N–H and O–H groups in total. The molecular formula is C14H20N2O2S. The molecule has 2 unspecified atom stereocenters. The van der Waals surface area contributed by atoms with Crippen LogP contribution in [0, 0.1) is 0 Å². The topological polar surface area (TPSA) is 55.6 Å². The van der Waals surface area contributed by atoms with Crippen molar-refractivity contribution in [3.63, 3.8) is 0 Å². The van der Waals surface area contributed by atoms with Gasteiger partial charge in [0.15, 0.2) is 0 Å². The van der Waals surface area contributed by atoms with E-state index in [0.717, 1.165) is 12.3 Å². The van der Waals surface area contributed by atoms with Gasteiger partial charge in [-0.2, -0.15) is 11.8 Å². The highest BCUT2D eigenvalue weighted by atomic mass is 32.2. The minimum Gasteiger partial charge on any atom is -0.496 e. The molecule has 2 rings (SSSR count). The molecule has 19 heavy (non-hydrogen) atoms. The number of benzene rings is 1. The molecule has 5 heteroatoms. The third-order valence-electron chi connectivity index (χ3n) is 3.64. The van der Waals surface area contributed by atoms with Crippen molar-refractivity contribution in [3.8, 4) is 5.75 Å². The summed E-state index contributed by atoms with van der Waals surface area (Å²) in [7, 11) is 1.56. The number of nitrogens with two attached hydrogens (primary N) is 1. The number of hydrogen-bond acceptors (Lipinski definition) is 4. The van der Waals surface area contributed by atoms with Crippen molar-refractivity contribution in [2.75, 3.05) is 25.1 Å². The molecule has 4 nitrogen and oxygen atoms in total. The van der Waals surface area contributed by atoms with Crippen molar-refractivity contribution in [1.29, 1.82) is 0 Å². The van der Waals surface area contributed by atoms with Gasteiger partial charge in [0, 0.05) is 29.3 Å². The molecule has 1 saturated heterocycles. The molecule has 1 aliphatic heterocycles. The minimum absolute atomic E-state index is 0.0328. The van der Waals surface area contributed by atoms with Crippen LogP contribution in [0.25, 0.3) is 0 Å². The van der Waals surface area contributed by atoms with Crippen LogP contribution in [-0.2, 0) is 0 Å². The minimum atomic E-state index is -0.0328. The van der Waals surface area contributed by atoms with Crippen molar-refractivity contribution in [2.45, 2.75) is 25.1 Å². The summed E-state index contributed by atoms with van der Waals surface area (Å²) in [5, 5.41) is 0.439. The van der Waals surface area contributed by atoms with Crippen LogP contribution in [-0.4, -0.2) is 41.5 Å². The molecule has 0 aromatic heterocycles. The number of amides is 1. The Kier molecular flexibility index (Phi) is 4.24. The summed E-state index contributed by atoms with van der Waals surface area (Å²) < 4.78 is 5.27. The summed E-state index contributed by atoms with van der Waals surface area (Å²) in [5.41, 5.74) is 6.91. The first-order valence-corrected chi connectivity index (χ1v) is 7.46. The van der Waals surface area contributed by atoms with Gasteiger partial charge < -0.3 is 15.4 Å². The Morgan fingerprint density at radius 1 is 1.47 bits per heavy atom. The van der Waals surface area contributed by atoms with E-state index in [0.29, 0.717) is 22.3 Å². The average Bonchev–Trinajstić information content (AvgIpc) is 2.40. The van der Waals surface area contributed by atoms with Crippen LogP contribution in [0.1, 0.15) is 24.2 Å². The molecule has 0 bridgehead atoms. The van der Waals surface area contributed by atoms with Gasteiger partial charge in [0.05, 0.1) is 7.11 Å². The molecule has 0 aliphatic carbocycles. The molecular weight excluding hydrogens is 260 g/mol. The van der Waals surface area contributed by atoms with E-state index in [1.165, 1.54) is 0 Å². The summed E-state index contributed by atoms with van der Waals surface area (Å²) in [6, 6.07) is 5.51. The number of nitrogen functional groups attached to an aromatic ring is 1. The maximum Gasteiger partial charge on any atom is 0.260 e. The van der Waals surface area contributed by atoms with E-state index in [1.54, 1.807) is 25.3 Å². The monoisotopic (exact) mass is 280 g/mol. The van der Waals surface area contributed by atoms with Gasteiger partial charge in [-0.1, -0.05) is 13.0 Å². The lowest BCUT2D eigenvalue weighted by Gasteiger charge is -2.37. The Morgan fingerprint density at radius 3 is 2.89 bits per heavy atom. The van der Waals surface area contributed by atoms with E-state index in [9.17, 15) is 4.79 Å². The van der Waals surface area contributed by atoms with Gasteiger partial charge in [-0.05, 0) is 19.1 Å². The highest BCUT2D eigenvalue weighted by Gasteiger charge is 2.31. The quantitative estimate of drug-likeness (QED) is 0.844. The normalized spacial score (nSPS) is 23.2. The second-order valence-electron chi connectivity index (χ2n) is 4.74. The van der Waals surface area contributed by atoms with E-state index < -0.39 is 0 Å². The largest absolute Gasteiger partial charge is 0.496 e. The Labute approximate surface area is 118 Å². The van der Waals surface area contributed by atoms with Crippen LogP contribution < -0.4 is 10.5 Å². The fourth-order valence-corrected chi connectivity index (χ4v) is 3.41. The molecule has 0 saturated carbocycles. The lowest BCUT2D eigenvalue weighted by Crippen LogP contribution is -2.48. The Bertz CT molecular complexity index is 479. The first-order chi connectivity index (χ1) is 9.06. The molecule has 0 spiro atoms. The second kappa shape index (κ2) is 5.74. The molecule has 1 amide bonds. The fourth-order valence-electron chi connectivity index (χ4n) is 2.31. The van der Waals surface area contributed by atoms with Gasteiger partial charge in [-0.3, -0.25) is 4.79 Å². The van der Waals surface area contributed by atoms with Crippen LogP contribution in [0.2, 0.25) is 0 Å². The highest BCUT2D eigenvalue weighted by molar-refractivity contribution is 8.00. The number of nitrogens with zero attached hydrogens (tertiary/aromatic N) is 1. The third kappa shape index (κ3) is 2.66. The van der Waals surface area contributed by atoms with Gasteiger partial charge in [-0.25, -0.2) is 0 Å². The summed E-state index contributed by atoms with van der Waals surface area (Å²) in [5.74, 6) is 1.48. The number of methoxy groups -OCH3 is 1. The zero-order valence-corrected chi connectivity index (χ0v) is 12.4. The molecule has 1 aromatic carbocycles. The Hall–Kier alpha value is -1.36. The van der Waals surface area contributed by atoms with Gasteiger partial charge in [0.25, 0.3) is 5.91 Å². The Balaban J connectivity index is 2.34. The van der Waals surface area contributed by atoms with E-state index in [2.05, 4.69) is 13.8 Å². The lowest BCUT2D eigenvalue weighted by molar-refractivity contribution is 0.0696. The fraction of sp³-hybridized carbons (Fsp3) is 0.500. The lowest BCUT2D eigenvalue weighted by atomic mass is 10.1. The number of anilines is 1. The van der Waals surface area contributed by atoms with Crippen molar-refractivity contribution in [2.24, 2.45) is 0 Å². The SMILES string of the molecule is COc1cccc(N)c1C(=O)N1CCSC(C)C1C. The van der Waals surface area contributed by atoms with Crippen molar-refractivity contribution in [1.82, 2.24) is 4.90 Å². The van der Waals surface area contributed by atoms with Crippen LogP contribution in [0.4, 0.5) is 5.69 Å². The van der Waals surface area contributed by atoms with E-state index in [1.807, 2.05) is 16.7 Å². The molecule has 1 aromatic rings.